The maximum atomic E-state index is 5.69. The molecule has 7 heteroatoms. The van der Waals surface area contributed by atoms with Gasteiger partial charge in [0.15, 0.2) is 0 Å². The molecule has 1 unspecified atom stereocenters. The highest BCUT2D eigenvalue weighted by Crippen LogP contribution is 2.32. The fourth-order valence-electron chi connectivity index (χ4n) is 3.36. The van der Waals surface area contributed by atoms with Crippen LogP contribution in [0.15, 0.2) is 6.20 Å². The van der Waals surface area contributed by atoms with E-state index in [0.717, 1.165) is 48.5 Å². The lowest BCUT2D eigenvalue weighted by molar-refractivity contribution is 0.111. The second-order valence-electron chi connectivity index (χ2n) is 6.38. The van der Waals surface area contributed by atoms with Crippen LogP contribution in [0.2, 0.25) is 0 Å². The van der Waals surface area contributed by atoms with E-state index in [9.17, 15) is 0 Å². The van der Waals surface area contributed by atoms with E-state index in [-0.39, 0.29) is 6.10 Å². The molecule has 4 rings (SSSR count). The van der Waals surface area contributed by atoms with Gasteiger partial charge in [-0.2, -0.15) is 0 Å². The Hall–Kier alpha value is -1.05. The number of ether oxygens (including phenoxy) is 1. The zero-order valence-electron chi connectivity index (χ0n) is 13.2. The molecule has 23 heavy (non-hydrogen) atoms. The Morgan fingerprint density at radius 3 is 2.87 bits per heavy atom. The first-order valence-electron chi connectivity index (χ1n) is 8.49. The van der Waals surface area contributed by atoms with E-state index in [4.69, 9.17) is 4.74 Å². The number of nitrogens with zero attached hydrogens (tertiary/aromatic N) is 3. The van der Waals surface area contributed by atoms with Crippen LogP contribution in [0.25, 0.3) is 0 Å². The molecule has 0 spiro atoms. The second kappa shape index (κ2) is 7.23. The summed E-state index contributed by atoms with van der Waals surface area (Å²) in [7, 11) is 0. The molecule has 5 nitrogen and oxygen atoms in total. The molecule has 1 aliphatic carbocycles. The van der Waals surface area contributed by atoms with Crippen molar-refractivity contribution in [2.45, 2.75) is 57.6 Å². The maximum absolute atomic E-state index is 5.69. The van der Waals surface area contributed by atoms with Gasteiger partial charge in [0.1, 0.15) is 16.1 Å². The molecule has 2 fully saturated rings. The van der Waals surface area contributed by atoms with Gasteiger partial charge in [0.05, 0.1) is 6.54 Å². The first kappa shape index (κ1) is 15.5. The number of hydrogen-bond donors (Lipinski definition) is 1. The van der Waals surface area contributed by atoms with Gasteiger partial charge in [0, 0.05) is 24.1 Å². The molecule has 2 aliphatic rings. The summed E-state index contributed by atoms with van der Waals surface area (Å²) in [6, 6.07) is 0. The predicted molar refractivity (Wildman–Crippen MR) is 92.9 cm³/mol. The van der Waals surface area contributed by atoms with Gasteiger partial charge in [-0.25, -0.2) is 4.98 Å². The molecule has 2 aromatic heterocycles. The first-order valence-corrected chi connectivity index (χ1v) is 10.1. The summed E-state index contributed by atoms with van der Waals surface area (Å²) in [6.45, 7) is 1.63. The van der Waals surface area contributed by atoms with Gasteiger partial charge in [-0.1, -0.05) is 37.0 Å². The first-order chi connectivity index (χ1) is 11.4. The minimum atomic E-state index is 0.216. The normalized spacial score (nSPS) is 22.0. The smallest absolute Gasteiger partial charge is 0.205 e. The molecule has 2 aromatic rings. The number of hydrogen-bond acceptors (Lipinski definition) is 7. The fourth-order valence-corrected chi connectivity index (χ4v) is 5.15. The third-order valence-electron chi connectivity index (χ3n) is 4.60. The van der Waals surface area contributed by atoms with Crippen molar-refractivity contribution < 1.29 is 4.74 Å². The summed E-state index contributed by atoms with van der Waals surface area (Å²) in [4.78, 5) is 5.73. The minimum Gasteiger partial charge on any atom is -0.371 e. The van der Waals surface area contributed by atoms with Crippen molar-refractivity contribution in [1.82, 2.24) is 15.2 Å². The summed E-state index contributed by atoms with van der Waals surface area (Å²) in [5.74, 6) is 0.825. The van der Waals surface area contributed by atoms with E-state index in [1.165, 1.54) is 35.6 Å². The van der Waals surface area contributed by atoms with E-state index in [0.29, 0.717) is 0 Å². The van der Waals surface area contributed by atoms with Crippen LogP contribution in [-0.2, 0) is 17.7 Å². The molecule has 1 aliphatic heterocycles. The average molecular weight is 351 g/mol. The van der Waals surface area contributed by atoms with Crippen LogP contribution in [0, 0.1) is 5.92 Å². The summed E-state index contributed by atoms with van der Waals surface area (Å²) in [5.41, 5.74) is 0. The second-order valence-corrected chi connectivity index (χ2v) is 8.58. The Morgan fingerprint density at radius 2 is 2.04 bits per heavy atom. The largest absolute Gasteiger partial charge is 0.371 e. The number of nitrogens with one attached hydrogen (secondary N) is 1. The lowest BCUT2D eigenvalue weighted by atomic mass is 10.1. The molecule has 1 saturated heterocycles. The zero-order valence-corrected chi connectivity index (χ0v) is 14.8. The monoisotopic (exact) mass is 350 g/mol. The van der Waals surface area contributed by atoms with Gasteiger partial charge in [0.2, 0.25) is 5.13 Å². The van der Waals surface area contributed by atoms with Crippen LogP contribution in [0.3, 0.4) is 0 Å². The number of rotatable bonds is 6. The van der Waals surface area contributed by atoms with Crippen molar-refractivity contribution in [3.63, 3.8) is 0 Å². The number of anilines is 1. The van der Waals surface area contributed by atoms with Gasteiger partial charge < -0.3 is 10.1 Å². The molecular formula is C16H22N4OS2. The fraction of sp³-hybridized carbons (Fsp3) is 0.688. The van der Waals surface area contributed by atoms with Crippen molar-refractivity contribution in [2.75, 3.05) is 11.9 Å². The van der Waals surface area contributed by atoms with E-state index < -0.39 is 0 Å². The van der Waals surface area contributed by atoms with Gasteiger partial charge in [-0.3, -0.25) is 0 Å². The maximum Gasteiger partial charge on any atom is 0.205 e. The SMILES string of the molecule is c1nc(C2CCCO2)sc1CNc1nnc(CC2CCCC2)s1. The topological polar surface area (TPSA) is 59.9 Å². The molecule has 3 heterocycles. The summed E-state index contributed by atoms with van der Waals surface area (Å²) in [5, 5.41) is 15.2. The van der Waals surface area contributed by atoms with Crippen molar-refractivity contribution in [2.24, 2.45) is 5.92 Å². The highest BCUT2D eigenvalue weighted by molar-refractivity contribution is 7.15. The lowest BCUT2D eigenvalue weighted by Crippen LogP contribution is -1.97. The summed E-state index contributed by atoms with van der Waals surface area (Å²) >= 11 is 3.44. The van der Waals surface area contributed by atoms with Crippen LogP contribution in [0.1, 0.15) is 59.5 Å². The van der Waals surface area contributed by atoms with E-state index in [1.54, 1.807) is 22.7 Å². The minimum absolute atomic E-state index is 0.216. The Labute approximate surface area is 144 Å². The van der Waals surface area contributed by atoms with Gasteiger partial charge >= 0.3 is 0 Å². The third kappa shape index (κ3) is 3.89. The quantitative estimate of drug-likeness (QED) is 0.846. The lowest BCUT2D eigenvalue weighted by Gasteiger charge is -2.04. The van der Waals surface area contributed by atoms with Gasteiger partial charge in [-0.05, 0) is 18.8 Å². The highest BCUT2D eigenvalue weighted by atomic mass is 32.1. The summed E-state index contributed by atoms with van der Waals surface area (Å²) < 4.78 is 5.69. The standard InChI is InChI=1S/C16H22N4OS2/c1-2-5-11(4-1)8-14-19-20-16(23-14)18-10-12-9-17-15(22-12)13-6-3-7-21-13/h9,11,13H,1-8,10H2,(H,18,20). The van der Waals surface area contributed by atoms with Gasteiger partial charge in [-0.15, -0.1) is 21.5 Å². The van der Waals surface area contributed by atoms with Crippen LogP contribution >= 0.6 is 22.7 Å². The molecule has 0 radical (unpaired) electrons. The average Bonchev–Trinajstić information content (AvgIpc) is 3.33. The molecule has 0 amide bonds. The van der Waals surface area contributed by atoms with E-state index in [1.807, 2.05) is 6.20 Å². The Balaban J connectivity index is 1.29. The van der Waals surface area contributed by atoms with Crippen LogP contribution in [0.4, 0.5) is 5.13 Å². The molecule has 1 atom stereocenters. The predicted octanol–water partition coefficient (Wildman–Crippen LogP) is 4.19. The van der Waals surface area contributed by atoms with Crippen LogP contribution < -0.4 is 5.32 Å². The zero-order chi connectivity index (χ0) is 15.5. The van der Waals surface area contributed by atoms with Crippen molar-refractivity contribution in [3.8, 4) is 0 Å². The number of aromatic nitrogens is 3. The molecule has 124 valence electrons. The number of thiazole rings is 1. The molecule has 0 aromatic carbocycles. The van der Waals surface area contributed by atoms with Gasteiger partial charge in [0.25, 0.3) is 0 Å². The Morgan fingerprint density at radius 1 is 1.13 bits per heavy atom. The van der Waals surface area contributed by atoms with E-state index in [2.05, 4.69) is 20.5 Å². The van der Waals surface area contributed by atoms with Crippen molar-refractivity contribution in [1.29, 1.82) is 0 Å². The Kier molecular flexibility index (Phi) is 4.87. The third-order valence-corrected chi connectivity index (χ3v) is 6.59. The van der Waals surface area contributed by atoms with Crippen LogP contribution in [-0.4, -0.2) is 21.8 Å². The van der Waals surface area contributed by atoms with Crippen molar-refractivity contribution in [3.05, 3.63) is 21.1 Å². The van der Waals surface area contributed by atoms with Crippen molar-refractivity contribution >= 4 is 27.8 Å². The summed E-state index contributed by atoms with van der Waals surface area (Å²) in [6.07, 6.45) is 11.0. The van der Waals surface area contributed by atoms with Crippen LogP contribution in [0.5, 0.6) is 0 Å². The highest BCUT2D eigenvalue weighted by Gasteiger charge is 2.21. The molecule has 0 bridgehead atoms. The molecule has 1 N–H and O–H groups in total. The molecule has 1 saturated carbocycles. The van der Waals surface area contributed by atoms with E-state index >= 15 is 0 Å². The molecular weight excluding hydrogens is 328 g/mol. The Bertz CT molecular complexity index is 630.